The molecule has 1 aromatic heterocycles. The molecule has 0 spiro atoms. The lowest BCUT2D eigenvalue weighted by atomic mass is 9.99. The lowest BCUT2D eigenvalue weighted by molar-refractivity contribution is 0.503. The second-order valence-corrected chi connectivity index (χ2v) is 7.34. The van der Waals surface area contributed by atoms with E-state index in [1.54, 1.807) is 0 Å². The summed E-state index contributed by atoms with van der Waals surface area (Å²) < 4.78 is 2.02. The third kappa shape index (κ3) is 2.92. The minimum atomic E-state index is 0.544. The molecule has 0 N–H and O–H groups in total. The predicted octanol–water partition coefficient (Wildman–Crippen LogP) is 4.75. The fraction of sp³-hybridized carbons (Fsp3) is 0.273. The molecule has 1 aliphatic rings. The van der Waals surface area contributed by atoms with Gasteiger partial charge in [0.2, 0.25) is 0 Å². The van der Waals surface area contributed by atoms with Gasteiger partial charge in [-0.3, -0.25) is 9.69 Å². The van der Waals surface area contributed by atoms with Gasteiger partial charge < -0.3 is 0 Å². The fourth-order valence-corrected chi connectivity index (χ4v) is 3.52. The van der Waals surface area contributed by atoms with E-state index in [1.165, 1.54) is 16.3 Å². The number of hydrazone groups is 1. The zero-order chi connectivity index (χ0) is 18.3. The molecule has 0 bridgehead atoms. The van der Waals surface area contributed by atoms with Gasteiger partial charge in [0, 0.05) is 18.8 Å². The Bertz CT molecular complexity index is 1000. The summed E-state index contributed by atoms with van der Waals surface area (Å²) in [5.41, 5.74) is 5.27. The van der Waals surface area contributed by atoms with Crippen molar-refractivity contribution in [3.05, 3.63) is 72.1 Å². The van der Waals surface area contributed by atoms with Crippen LogP contribution in [0, 0.1) is 5.92 Å². The average molecular weight is 344 g/mol. The molecule has 0 atom stereocenters. The molecule has 0 saturated heterocycles. The van der Waals surface area contributed by atoms with Crippen LogP contribution in [0.15, 0.2) is 60.3 Å². The van der Waals surface area contributed by atoms with Crippen LogP contribution in [0.1, 0.15) is 37.1 Å². The van der Waals surface area contributed by atoms with Gasteiger partial charge in [0.25, 0.3) is 0 Å². The molecule has 132 valence electrons. The third-order valence-corrected chi connectivity index (χ3v) is 4.82. The lowest BCUT2D eigenvalue weighted by Crippen LogP contribution is -2.21. The fourth-order valence-electron chi connectivity index (χ4n) is 3.52. The number of hydrogen-bond acceptors (Lipinski definition) is 3. The normalized spacial score (nSPS) is 14.1. The van der Waals surface area contributed by atoms with Crippen LogP contribution in [-0.2, 0) is 6.54 Å². The van der Waals surface area contributed by atoms with E-state index in [0.717, 1.165) is 35.6 Å². The first-order chi connectivity index (χ1) is 12.5. The summed E-state index contributed by atoms with van der Waals surface area (Å²) in [6.07, 6.45) is 3.06. The van der Waals surface area contributed by atoms with E-state index in [0.29, 0.717) is 5.92 Å². The van der Waals surface area contributed by atoms with E-state index < -0.39 is 0 Å². The molecule has 0 fully saturated rings. The minimum Gasteiger partial charge on any atom is -0.267 e. The summed E-state index contributed by atoms with van der Waals surface area (Å²) in [6.45, 7) is 9.33. The van der Waals surface area contributed by atoms with Gasteiger partial charge in [-0.05, 0) is 28.7 Å². The third-order valence-electron chi connectivity index (χ3n) is 4.82. The predicted molar refractivity (Wildman–Crippen MR) is 108 cm³/mol. The molecule has 26 heavy (non-hydrogen) atoms. The summed E-state index contributed by atoms with van der Waals surface area (Å²) in [5, 5.41) is 13.9. The summed E-state index contributed by atoms with van der Waals surface area (Å²) in [7, 11) is 1.94. The first-order valence-electron chi connectivity index (χ1n) is 9.08. The molecule has 0 aliphatic carbocycles. The molecule has 0 radical (unpaired) electrons. The summed E-state index contributed by atoms with van der Waals surface area (Å²) in [6, 6.07) is 14.9. The Morgan fingerprint density at radius 3 is 2.65 bits per heavy atom. The molecule has 4 heteroatoms. The number of benzene rings is 2. The van der Waals surface area contributed by atoms with Crippen LogP contribution in [0.2, 0.25) is 0 Å². The summed E-state index contributed by atoms with van der Waals surface area (Å²) in [4.78, 5) is 0. The van der Waals surface area contributed by atoms with Crippen molar-refractivity contribution in [3.63, 3.8) is 0 Å². The number of rotatable bonds is 4. The van der Waals surface area contributed by atoms with Crippen molar-refractivity contribution < 1.29 is 0 Å². The molecule has 4 nitrogen and oxygen atoms in total. The second-order valence-electron chi connectivity index (χ2n) is 7.34. The Labute approximate surface area is 154 Å². The summed E-state index contributed by atoms with van der Waals surface area (Å²) >= 11 is 0. The van der Waals surface area contributed by atoms with Crippen molar-refractivity contribution in [2.24, 2.45) is 11.0 Å². The van der Waals surface area contributed by atoms with Crippen molar-refractivity contribution >= 4 is 22.2 Å². The molecule has 2 aromatic carbocycles. The first kappa shape index (κ1) is 16.6. The van der Waals surface area contributed by atoms with Crippen LogP contribution >= 0.6 is 0 Å². The van der Waals surface area contributed by atoms with Gasteiger partial charge >= 0.3 is 0 Å². The molecule has 3 aromatic rings. The van der Waals surface area contributed by atoms with Crippen LogP contribution in [0.3, 0.4) is 0 Å². The van der Waals surface area contributed by atoms with Crippen LogP contribution in [0.4, 0.5) is 0 Å². The lowest BCUT2D eigenvalue weighted by Gasteiger charge is -2.23. The Morgan fingerprint density at radius 1 is 1.08 bits per heavy atom. The van der Waals surface area contributed by atoms with E-state index in [-0.39, 0.29) is 0 Å². The number of aromatic nitrogens is 2. The van der Waals surface area contributed by atoms with Gasteiger partial charge in [-0.15, -0.1) is 0 Å². The molecular weight excluding hydrogens is 320 g/mol. The maximum absolute atomic E-state index is 4.84. The van der Waals surface area contributed by atoms with Crippen LogP contribution in [0.25, 0.3) is 16.5 Å². The Hall–Kier alpha value is -2.88. The average Bonchev–Trinajstić information content (AvgIpc) is 3.04. The van der Waals surface area contributed by atoms with Crippen LogP contribution < -0.4 is 0 Å². The zero-order valence-electron chi connectivity index (χ0n) is 15.6. The topological polar surface area (TPSA) is 33.4 Å². The highest BCUT2D eigenvalue weighted by Crippen LogP contribution is 2.28. The Balaban J connectivity index is 1.73. The highest BCUT2D eigenvalue weighted by molar-refractivity contribution is 6.05. The van der Waals surface area contributed by atoms with Crippen molar-refractivity contribution in [3.8, 4) is 0 Å². The Kier molecular flexibility index (Phi) is 4.11. The van der Waals surface area contributed by atoms with Crippen LogP contribution in [-0.4, -0.2) is 27.5 Å². The maximum atomic E-state index is 4.84. The number of fused-ring (bicyclic) bond motifs is 2. The van der Waals surface area contributed by atoms with Gasteiger partial charge in [-0.2, -0.15) is 10.2 Å². The highest BCUT2D eigenvalue weighted by atomic mass is 15.5. The largest absolute Gasteiger partial charge is 0.267 e. The van der Waals surface area contributed by atoms with E-state index in [4.69, 9.17) is 10.2 Å². The van der Waals surface area contributed by atoms with E-state index >= 15 is 0 Å². The standard InChI is InChI=1S/C22H24N4/c1-15(2)12-21-20-14-26(24-22(20)16(3)25(4)23-21)13-18-10-7-9-17-8-5-6-11-19(17)18/h5-11,14-15H,3,12-13H2,1-2,4H3. The van der Waals surface area contributed by atoms with Crippen LogP contribution in [0.5, 0.6) is 0 Å². The first-order valence-corrected chi connectivity index (χ1v) is 9.08. The van der Waals surface area contributed by atoms with Gasteiger partial charge in [-0.25, -0.2) is 0 Å². The maximum Gasteiger partial charge on any atom is 0.119 e. The number of hydrogen-bond donors (Lipinski definition) is 0. The van der Waals surface area contributed by atoms with Gasteiger partial charge in [0.05, 0.1) is 18.0 Å². The molecular formula is C22H24N4. The molecule has 1 aliphatic heterocycles. The smallest absolute Gasteiger partial charge is 0.119 e. The van der Waals surface area contributed by atoms with Crippen molar-refractivity contribution in [2.75, 3.05) is 7.05 Å². The monoisotopic (exact) mass is 344 g/mol. The second kappa shape index (κ2) is 6.45. The molecule has 0 amide bonds. The van der Waals surface area contributed by atoms with E-state index in [2.05, 4.69) is 69.1 Å². The molecule has 0 unspecified atom stereocenters. The van der Waals surface area contributed by atoms with Gasteiger partial charge in [0.15, 0.2) is 0 Å². The van der Waals surface area contributed by atoms with Gasteiger partial charge in [-0.1, -0.05) is 62.9 Å². The Morgan fingerprint density at radius 2 is 1.85 bits per heavy atom. The van der Waals surface area contributed by atoms with Crippen molar-refractivity contribution in [1.82, 2.24) is 14.8 Å². The molecule has 0 saturated carbocycles. The SMILES string of the molecule is C=C1c2nn(Cc3cccc4ccccc34)cc2C(CC(C)C)=NN1C. The summed E-state index contributed by atoms with van der Waals surface area (Å²) in [5.74, 6) is 0.544. The van der Waals surface area contributed by atoms with E-state index in [1.807, 2.05) is 16.7 Å². The highest BCUT2D eigenvalue weighted by Gasteiger charge is 2.24. The molecule has 2 heterocycles. The molecule has 4 rings (SSSR count). The quantitative estimate of drug-likeness (QED) is 0.684. The minimum absolute atomic E-state index is 0.544. The van der Waals surface area contributed by atoms with Gasteiger partial charge in [0.1, 0.15) is 5.69 Å². The van der Waals surface area contributed by atoms with E-state index in [9.17, 15) is 0 Å². The van der Waals surface area contributed by atoms with Crippen molar-refractivity contribution in [2.45, 2.75) is 26.8 Å². The zero-order valence-corrected chi connectivity index (χ0v) is 15.6. The van der Waals surface area contributed by atoms with Crippen molar-refractivity contribution in [1.29, 1.82) is 0 Å². The number of nitrogens with zero attached hydrogens (tertiary/aromatic N) is 4.